The molecule has 2 aromatic heterocycles. The van der Waals surface area contributed by atoms with Crippen LogP contribution in [-0.2, 0) is 4.79 Å². The maximum atomic E-state index is 11.8. The van der Waals surface area contributed by atoms with Crippen molar-refractivity contribution in [1.82, 2.24) is 14.6 Å². The maximum Gasteiger partial charge on any atom is 0.161 e. The van der Waals surface area contributed by atoms with Crippen LogP contribution in [0.15, 0.2) is 30.7 Å². The molecule has 0 amide bonds. The van der Waals surface area contributed by atoms with E-state index in [0.717, 1.165) is 22.6 Å². The van der Waals surface area contributed by atoms with E-state index in [1.165, 1.54) is 49.6 Å². The molecule has 0 spiro atoms. The van der Waals surface area contributed by atoms with E-state index < -0.39 is 0 Å². The molecule has 7 nitrogen and oxygen atoms in total. The highest BCUT2D eigenvalue weighted by atomic mass is 16.1. The molecular weight excluding hydrogens is 414 g/mol. The van der Waals surface area contributed by atoms with Crippen LogP contribution in [0.5, 0.6) is 0 Å². The summed E-state index contributed by atoms with van der Waals surface area (Å²) < 4.78 is 1.72. The third-order valence-electron chi connectivity index (χ3n) is 5.57. The predicted octanol–water partition coefficient (Wildman–Crippen LogP) is 5.51. The Bertz CT molecular complexity index is 1070. The van der Waals surface area contributed by atoms with E-state index in [-0.39, 0.29) is 12.3 Å². The molecule has 33 heavy (non-hydrogen) atoms. The minimum Gasteiger partial charge on any atom is -0.338 e. The molecule has 1 aromatic carbocycles. The number of nitrogens with two attached hydrogens (primary N) is 1. The molecule has 1 aliphatic rings. The fourth-order valence-electron chi connectivity index (χ4n) is 3.53. The largest absolute Gasteiger partial charge is 0.338 e. The standard InChI is InChI=1S/C19H20N4O.C5H12.C2H5NO/c1-11-4-5-15(14-6-7-14)8-17(11)22-19-18-12(2)16(13(3)24)9-23(18)21-10-20-19;1-3-5-4-2;3-1-2-4/h4-5,8-10,14H,6-7H2,1-3H3,(H,20,21,22);3-5H2,1-2H3;2H,1,3H2. The monoisotopic (exact) mass is 451 g/mol. The second kappa shape index (κ2) is 12.8. The topological polar surface area (TPSA) is 102 Å². The van der Waals surface area contributed by atoms with Crippen LogP contribution in [0.2, 0.25) is 0 Å². The van der Waals surface area contributed by atoms with Crippen LogP contribution in [0.25, 0.3) is 5.52 Å². The molecule has 1 fully saturated rings. The number of hydrogen-bond acceptors (Lipinski definition) is 6. The number of nitrogens with one attached hydrogen (secondary N) is 1. The number of anilines is 2. The number of aromatic nitrogens is 3. The first kappa shape index (κ1) is 26.2. The number of nitrogens with zero attached hydrogens (tertiary/aromatic N) is 3. The van der Waals surface area contributed by atoms with Gasteiger partial charge in [0.05, 0.1) is 0 Å². The normalized spacial score (nSPS) is 12.3. The van der Waals surface area contributed by atoms with E-state index in [1.807, 2.05) is 6.92 Å². The Balaban J connectivity index is 0.000000368. The average molecular weight is 452 g/mol. The molecular formula is C26H37N5O2. The highest BCUT2D eigenvalue weighted by molar-refractivity contribution is 5.99. The van der Waals surface area contributed by atoms with Crippen molar-refractivity contribution >= 4 is 29.1 Å². The third-order valence-corrected chi connectivity index (χ3v) is 5.57. The number of carbonyl (C=O) groups is 2. The van der Waals surface area contributed by atoms with Gasteiger partial charge < -0.3 is 15.8 Å². The zero-order valence-electron chi connectivity index (χ0n) is 20.5. The van der Waals surface area contributed by atoms with Crippen molar-refractivity contribution in [3.63, 3.8) is 0 Å². The summed E-state index contributed by atoms with van der Waals surface area (Å²) >= 11 is 0. The van der Waals surface area contributed by atoms with Gasteiger partial charge in [-0.1, -0.05) is 45.2 Å². The minimum atomic E-state index is 0.0378. The summed E-state index contributed by atoms with van der Waals surface area (Å²) in [7, 11) is 0. The highest BCUT2D eigenvalue weighted by Crippen LogP contribution is 2.41. The molecule has 4 rings (SSSR count). The number of hydrogen-bond donors (Lipinski definition) is 2. The number of Topliss-reactive ketones (excluding diaryl/α,β-unsaturated/α-hetero) is 1. The lowest BCUT2D eigenvalue weighted by Gasteiger charge is -2.12. The lowest BCUT2D eigenvalue weighted by molar-refractivity contribution is -0.106. The molecule has 0 unspecified atom stereocenters. The van der Waals surface area contributed by atoms with Gasteiger partial charge in [0.15, 0.2) is 11.6 Å². The summed E-state index contributed by atoms with van der Waals surface area (Å²) in [5.41, 5.74) is 10.7. The molecule has 0 radical (unpaired) electrons. The van der Waals surface area contributed by atoms with Crippen LogP contribution in [0.3, 0.4) is 0 Å². The van der Waals surface area contributed by atoms with Crippen molar-refractivity contribution in [3.05, 3.63) is 53.0 Å². The molecule has 0 saturated heterocycles. The fraction of sp³-hybridized carbons (Fsp3) is 0.462. The maximum absolute atomic E-state index is 11.8. The van der Waals surface area contributed by atoms with Crippen molar-refractivity contribution in [2.24, 2.45) is 5.73 Å². The average Bonchev–Trinajstić information content (AvgIpc) is 3.59. The first-order valence-electron chi connectivity index (χ1n) is 11.7. The van der Waals surface area contributed by atoms with Gasteiger partial charge in [0, 0.05) is 24.0 Å². The van der Waals surface area contributed by atoms with Gasteiger partial charge in [0.2, 0.25) is 0 Å². The number of aryl methyl sites for hydroxylation is 2. The quantitative estimate of drug-likeness (QED) is 0.363. The zero-order valence-corrected chi connectivity index (χ0v) is 20.5. The molecule has 7 heteroatoms. The Kier molecular flexibility index (Phi) is 10.2. The Morgan fingerprint density at radius 3 is 2.42 bits per heavy atom. The first-order chi connectivity index (χ1) is 15.9. The zero-order chi connectivity index (χ0) is 24.4. The molecule has 0 bridgehead atoms. The summed E-state index contributed by atoms with van der Waals surface area (Å²) in [5.74, 6) is 1.47. The Labute approximate surface area is 196 Å². The summed E-state index contributed by atoms with van der Waals surface area (Å²) in [6.45, 7) is 10.2. The number of benzene rings is 1. The van der Waals surface area contributed by atoms with Gasteiger partial charge in [-0.2, -0.15) is 5.10 Å². The van der Waals surface area contributed by atoms with Gasteiger partial charge in [-0.05, 0) is 62.3 Å². The SMILES string of the molecule is CC(=O)c1cn2ncnc(Nc3cc(C4CC4)ccc3C)c2c1C.CCCCC.NCC=O. The fourth-order valence-corrected chi connectivity index (χ4v) is 3.53. The summed E-state index contributed by atoms with van der Waals surface area (Å²) in [5, 5.41) is 7.69. The molecule has 3 N–H and O–H groups in total. The number of carbonyl (C=O) groups excluding carboxylic acids is 2. The van der Waals surface area contributed by atoms with Crippen LogP contribution in [0.4, 0.5) is 11.5 Å². The third kappa shape index (κ3) is 7.22. The summed E-state index contributed by atoms with van der Waals surface area (Å²) in [6.07, 6.45) is 10.6. The number of aldehydes is 1. The Hall–Kier alpha value is -3.06. The molecule has 0 aliphatic heterocycles. The molecule has 178 valence electrons. The van der Waals surface area contributed by atoms with Crippen molar-refractivity contribution in [2.75, 3.05) is 11.9 Å². The first-order valence-corrected chi connectivity index (χ1v) is 11.7. The Morgan fingerprint density at radius 1 is 1.24 bits per heavy atom. The van der Waals surface area contributed by atoms with E-state index in [0.29, 0.717) is 17.8 Å². The smallest absolute Gasteiger partial charge is 0.161 e. The molecule has 3 aromatic rings. The predicted molar refractivity (Wildman–Crippen MR) is 134 cm³/mol. The van der Waals surface area contributed by atoms with E-state index >= 15 is 0 Å². The van der Waals surface area contributed by atoms with Crippen molar-refractivity contribution in [3.8, 4) is 0 Å². The summed E-state index contributed by atoms with van der Waals surface area (Å²) in [4.78, 5) is 25.3. The minimum absolute atomic E-state index is 0.0378. The lowest BCUT2D eigenvalue weighted by Crippen LogP contribution is -2.01. The lowest BCUT2D eigenvalue weighted by atomic mass is 10.1. The second-order valence-electron chi connectivity index (χ2n) is 8.36. The molecule has 1 saturated carbocycles. The van der Waals surface area contributed by atoms with Crippen LogP contribution < -0.4 is 11.1 Å². The van der Waals surface area contributed by atoms with Crippen LogP contribution in [-0.4, -0.2) is 33.2 Å². The van der Waals surface area contributed by atoms with Gasteiger partial charge in [-0.15, -0.1) is 0 Å². The van der Waals surface area contributed by atoms with E-state index in [9.17, 15) is 4.79 Å². The van der Waals surface area contributed by atoms with Crippen molar-refractivity contribution in [1.29, 1.82) is 0 Å². The summed E-state index contributed by atoms with van der Waals surface area (Å²) in [6, 6.07) is 6.58. The van der Waals surface area contributed by atoms with Gasteiger partial charge >= 0.3 is 0 Å². The molecule has 1 aliphatic carbocycles. The second-order valence-corrected chi connectivity index (χ2v) is 8.36. The Morgan fingerprint density at radius 2 is 1.91 bits per heavy atom. The van der Waals surface area contributed by atoms with E-state index in [1.54, 1.807) is 17.6 Å². The molecule has 2 heterocycles. The van der Waals surface area contributed by atoms with E-state index in [4.69, 9.17) is 4.79 Å². The van der Waals surface area contributed by atoms with E-state index in [2.05, 4.69) is 60.1 Å². The van der Waals surface area contributed by atoms with Crippen LogP contribution in [0.1, 0.15) is 85.8 Å². The number of unbranched alkanes of at least 4 members (excludes halogenated alkanes) is 2. The van der Waals surface area contributed by atoms with Gasteiger partial charge in [-0.25, -0.2) is 9.50 Å². The number of fused-ring (bicyclic) bond motifs is 1. The molecule has 0 atom stereocenters. The van der Waals surface area contributed by atoms with Crippen molar-refractivity contribution < 1.29 is 9.59 Å². The number of rotatable bonds is 7. The van der Waals surface area contributed by atoms with Crippen LogP contribution in [0, 0.1) is 13.8 Å². The van der Waals surface area contributed by atoms with Crippen LogP contribution >= 0.6 is 0 Å². The highest BCUT2D eigenvalue weighted by Gasteiger charge is 2.24. The van der Waals surface area contributed by atoms with Gasteiger partial charge in [0.25, 0.3) is 0 Å². The number of ketones is 1. The van der Waals surface area contributed by atoms with Gasteiger partial charge in [0.1, 0.15) is 18.1 Å². The van der Waals surface area contributed by atoms with Crippen molar-refractivity contribution in [2.45, 2.75) is 72.6 Å². The van der Waals surface area contributed by atoms with Gasteiger partial charge in [-0.3, -0.25) is 4.79 Å².